The number of carbonyl (C=O) groups excluding carboxylic acids is 1. The first-order chi connectivity index (χ1) is 16.6. The van der Waals surface area contributed by atoms with Gasteiger partial charge in [0, 0.05) is 41.2 Å². The zero-order chi connectivity index (χ0) is 24.9. The molecule has 1 amide bonds. The fraction of sp³-hybridized carbons (Fsp3) is 0.517. The maximum Gasteiger partial charge on any atom is 0.410 e. The lowest BCUT2D eigenvalue weighted by Gasteiger charge is -2.33. The van der Waals surface area contributed by atoms with Gasteiger partial charge in [0.15, 0.2) is 5.82 Å². The van der Waals surface area contributed by atoms with Crippen molar-refractivity contribution in [1.82, 2.24) is 14.9 Å². The molecule has 2 fully saturated rings. The Kier molecular flexibility index (Phi) is 6.10. The van der Waals surface area contributed by atoms with E-state index in [9.17, 15) is 9.18 Å². The Morgan fingerprint density at radius 3 is 2.46 bits per heavy atom. The monoisotopic (exact) mass is 477 g/mol. The maximum absolute atomic E-state index is 15.0. The number of nitrogens with one attached hydrogen (secondary N) is 1. The lowest BCUT2D eigenvalue weighted by atomic mass is 9.87. The first-order valence-corrected chi connectivity index (χ1v) is 12.9. The summed E-state index contributed by atoms with van der Waals surface area (Å²) in [5.74, 6) is 0.813. The van der Waals surface area contributed by atoms with Gasteiger partial charge in [0.1, 0.15) is 5.60 Å². The van der Waals surface area contributed by atoms with Crippen molar-refractivity contribution in [2.45, 2.75) is 83.7 Å². The Labute approximate surface area is 207 Å². The fourth-order valence-electron chi connectivity index (χ4n) is 5.27. The molecule has 0 atom stereocenters. The highest BCUT2D eigenvalue weighted by Gasteiger charge is 2.29. The van der Waals surface area contributed by atoms with E-state index in [1.165, 1.54) is 11.8 Å². The number of benzene rings is 1. The molecule has 1 saturated carbocycles. The molecule has 3 heterocycles. The number of piperidine rings is 1. The van der Waals surface area contributed by atoms with Crippen molar-refractivity contribution in [3.63, 3.8) is 0 Å². The Morgan fingerprint density at radius 1 is 1.11 bits per heavy atom. The number of carbonyl (C=O) groups is 1. The highest BCUT2D eigenvalue weighted by atomic mass is 19.1. The minimum atomic E-state index is -0.480. The van der Waals surface area contributed by atoms with Gasteiger partial charge in [0.25, 0.3) is 0 Å². The van der Waals surface area contributed by atoms with Crippen molar-refractivity contribution in [2.75, 3.05) is 13.1 Å². The Balaban J connectivity index is 1.43. The maximum atomic E-state index is 15.0. The minimum Gasteiger partial charge on any atom is -0.444 e. The molecule has 1 aliphatic carbocycles. The summed E-state index contributed by atoms with van der Waals surface area (Å²) in [5.41, 5.74) is 5.46. The third-order valence-corrected chi connectivity index (χ3v) is 7.20. The van der Waals surface area contributed by atoms with Crippen LogP contribution in [0.25, 0.3) is 22.2 Å². The Bertz CT molecular complexity index is 1240. The molecule has 35 heavy (non-hydrogen) atoms. The van der Waals surface area contributed by atoms with Crippen LogP contribution in [0.2, 0.25) is 0 Å². The summed E-state index contributed by atoms with van der Waals surface area (Å²) in [6.45, 7) is 11.4. The molecule has 1 aromatic carbocycles. The number of halogens is 1. The highest BCUT2D eigenvalue weighted by molar-refractivity contribution is 5.92. The van der Waals surface area contributed by atoms with Gasteiger partial charge >= 0.3 is 6.09 Å². The van der Waals surface area contributed by atoms with Crippen molar-refractivity contribution in [3.05, 3.63) is 53.1 Å². The average molecular weight is 478 g/mol. The average Bonchev–Trinajstić information content (AvgIpc) is 3.57. The number of hydrogen-bond donors (Lipinski definition) is 1. The van der Waals surface area contributed by atoms with Crippen molar-refractivity contribution < 1.29 is 13.9 Å². The van der Waals surface area contributed by atoms with E-state index in [1.807, 2.05) is 31.7 Å². The van der Waals surface area contributed by atoms with Crippen LogP contribution in [0.5, 0.6) is 0 Å². The molecular weight excluding hydrogens is 441 g/mol. The number of hydrogen-bond acceptors (Lipinski definition) is 3. The Hall–Kier alpha value is -2.89. The number of aromatic nitrogens is 2. The van der Waals surface area contributed by atoms with Gasteiger partial charge in [-0.25, -0.2) is 9.18 Å². The second kappa shape index (κ2) is 8.96. The van der Waals surface area contributed by atoms with Gasteiger partial charge < -0.3 is 14.6 Å². The SMILES string of the molecule is CC(C)c1c(-c2cc(C3CC3)ncc2F)[nH]c2ccc(C3CCN(C(=O)OC(C)(C)C)CC3)cc12. The number of H-pyrrole nitrogens is 1. The molecule has 5 rings (SSSR count). The van der Waals surface area contributed by atoms with Crippen LogP contribution in [0.1, 0.15) is 94.9 Å². The zero-order valence-electron chi connectivity index (χ0n) is 21.5. The summed E-state index contributed by atoms with van der Waals surface area (Å²) in [7, 11) is 0. The summed E-state index contributed by atoms with van der Waals surface area (Å²) in [6, 6.07) is 8.52. The molecular formula is C29H36FN3O2. The number of likely N-dealkylation sites (tertiary alicyclic amines) is 1. The summed E-state index contributed by atoms with van der Waals surface area (Å²) >= 11 is 0. The standard InChI is InChI=1S/C29H36FN3O2/c1-17(2)26-22-14-20(18-10-12-33(13-11-18)28(34)35-29(3,4)5)8-9-24(22)32-27(26)21-15-25(19-6-7-19)31-16-23(21)30/h8-9,14-19,32H,6-7,10-13H2,1-5H3. The lowest BCUT2D eigenvalue weighted by molar-refractivity contribution is 0.0205. The number of nitrogens with zero attached hydrogens (tertiary/aromatic N) is 2. The lowest BCUT2D eigenvalue weighted by Crippen LogP contribution is -2.41. The fourth-order valence-corrected chi connectivity index (χ4v) is 5.27. The second-order valence-electron chi connectivity index (χ2n) is 11.5. The van der Waals surface area contributed by atoms with Crippen LogP contribution >= 0.6 is 0 Å². The topological polar surface area (TPSA) is 58.2 Å². The predicted octanol–water partition coefficient (Wildman–Crippen LogP) is 7.48. The molecule has 1 aliphatic heterocycles. The van der Waals surface area contributed by atoms with E-state index in [4.69, 9.17) is 4.74 Å². The van der Waals surface area contributed by atoms with Crippen LogP contribution < -0.4 is 0 Å². The number of fused-ring (bicyclic) bond motifs is 1. The van der Waals surface area contributed by atoms with Crippen LogP contribution in [0.3, 0.4) is 0 Å². The van der Waals surface area contributed by atoms with Gasteiger partial charge in [-0.2, -0.15) is 0 Å². The second-order valence-corrected chi connectivity index (χ2v) is 11.5. The normalized spacial score (nSPS) is 17.4. The molecule has 186 valence electrons. The van der Waals surface area contributed by atoms with Crippen LogP contribution in [0.15, 0.2) is 30.5 Å². The number of ether oxygens (including phenoxy) is 1. The van der Waals surface area contributed by atoms with Crippen molar-refractivity contribution in [1.29, 1.82) is 0 Å². The quantitative estimate of drug-likeness (QED) is 0.424. The Morgan fingerprint density at radius 2 is 1.83 bits per heavy atom. The largest absolute Gasteiger partial charge is 0.444 e. The van der Waals surface area contributed by atoms with E-state index in [-0.39, 0.29) is 17.8 Å². The molecule has 2 aromatic heterocycles. The zero-order valence-corrected chi connectivity index (χ0v) is 21.5. The number of amides is 1. The molecule has 3 aromatic rings. The van der Waals surface area contributed by atoms with Crippen molar-refractivity contribution in [2.24, 2.45) is 0 Å². The number of pyridine rings is 1. The van der Waals surface area contributed by atoms with Gasteiger partial charge in [-0.1, -0.05) is 19.9 Å². The van der Waals surface area contributed by atoms with Gasteiger partial charge in [0.2, 0.25) is 0 Å². The van der Waals surface area contributed by atoms with Crippen LogP contribution in [-0.4, -0.2) is 39.7 Å². The third kappa shape index (κ3) is 4.93. The molecule has 2 aliphatic rings. The summed E-state index contributed by atoms with van der Waals surface area (Å²) in [4.78, 5) is 22.1. The molecule has 0 radical (unpaired) electrons. The van der Waals surface area contributed by atoms with Crippen molar-refractivity contribution >= 4 is 17.0 Å². The smallest absolute Gasteiger partial charge is 0.410 e. The predicted molar refractivity (Wildman–Crippen MR) is 137 cm³/mol. The molecule has 1 saturated heterocycles. The van der Waals surface area contributed by atoms with Gasteiger partial charge in [-0.05, 0) is 87.6 Å². The van der Waals surface area contributed by atoms with Crippen LogP contribution in [0.4, 0.5) is 9.18 Å². The van der Waals surface area contributed by atoms with E-state index in [2.05, 4.69) is 42.0 Å². The first-order valence-electron chi connectivity index (χ1n) is 12.9. The minimum absolute atomic E-state index is 0.228. The van der Waals surface area contributed by atoms with E-state index in [0.717, 1.165) is 53.5 Å². The summed E-state index contributed by atoms with van der Waals surface area (Å²) in [5, 5.41) is 1.16. The summed E-state index contributed by atoms with van der Waals surface area (Å²) in [6.07, 6.45) is 5.23. The number of aromatic amines is 1. The molecule has 1 N–H and O–H groups in total. The highest BCUT2D eigenvalue weighted by Crippen LogP contribution is 2.43. The van der Waals surface area contributed by atoms with Crippen LogP contribution in [0, 0.1) is 5.82 Å². The third-order valence-electron chi connectivity index (χ3n) is 7.20. The number of rotatable bonds is 4. The van der Waals surface area contributed by atoms with Gasteiger partial charge in [-0.3, -0.25) is 4.98 Å². The molecule has 0 spiro atoms. The first kappa shape index (κ1) is 23.8. The van der Waals surface area contributed by atoms with E-state index >= 15 is 0 Å². The van der Waals surface area contributed by atoms with Crippen LogP contribution in [-0.2, 0) is 4.74 Å². The van der Waals surface area contributed by atoms with E-state index < -0.39 is 5.60 Å². The van der Waals surface area contributed by atoms with E-state index in [1.54, 1.807) is 0 Å². The molecule has 5 nitrogen and oxygen atoms in total. The van der Waals surface area contributed by atoms with Gasteiger partial charge in [0.05, 0.1) is 11.9 Å². The molecule has 0 unspecified atom stereocenters. The van der Waals surface area contributed by atoms with Crippen molar-refractivity contribution in [3.8, 4) is 11.3 Å². The molecule has 0 bridgehead atoms. The van der Waals surface area contributed by atoms with Gasteiger partial charge in [-0.15, -0.1) is 0 Å². The molecule has 6 heteroatoms. The summed E-state index contributed by atoms with van der Waals surface area (Å²) < 4.78 is 20.5. The van der Waals surface area contributed by atoms with E-state index in [0.29, 0.717) is 30.5 Å².